The van der Waals surface area contributed by atoms with E-state index in [1.165, 1.54) is 34.4 Å². The van der Waals surface area contributed by atoms with Crippen molar-refractivity contribution in [3.63, 3.8) is 0 Å². The summed E-state index contributed by atoms with van der Waals surface area (Å²) in [6.07, 6.45) is 0. The molecule has 0 fully saturated rings. The second kappa shape index (κ2) is 8.54. The summed E-state index contributed by atoms with van der Waals surface area (Å²) in [5, 5.41) is 9.12. The first-order chi connectivity index (χ1) is 17.5. The molecule has 0 saturated carbocycles. The highest BCUT2D eigenvalue weighted by atomic mass is 32.1. The van der Waals surface area contributed by atoms with Crippen LogP contribution in [0.2, 0.25) is 0 Å². The number of benzene rings is 3. The highest BCUT2D eigenvalue weighted by molar-refractivity contribution is 7.15. The third-order valence-corrected chi connectivity index (χ3v) is 6.89. The summed E-state index contributed by atoms with van der Waals surface area (Å²) < 4.78 is 1.69. The molecule has 176 valence electrons. The molecule has 5 aromatic rings. The lowest BCUT2D eigenvalue weighted by Crippen LogP contribution is -2.29. The molecule has 0 aliphatic carbocycles. The Morgan fingerprint density at radius 3 is 2.47 bits per heavy atom. The number of nitrogens with zero attached hydrogens (tertiary/aromatic N) is 4. The number of amides is 3. The lowest BCUT2D eigenvalue weighted by molar-refractivity contribution is 0.0642. The number of hydrogen-bond acceptors (Lipinski definition) is 6. The molecule has 3 heterocycles. The van der Waals surface area contributed by atoms with E-state index in [2.05, 4.69) is 15.4 Å². The van der Waals surface area contributed by atoms with E-state index in [1.54, 1.807) is 4.52 Å². The van der Waals surface area contributed by atoms with Crippen molar-refractivity contribution in [2.24, 2.45) is 0 Å². The van der Waals surface area contributed by atoms with Gasteiger partial charge in [-0.2, -0.15) is 4.98 Å². The predicted molar refractivity (Wildman–Crippen MR) is 136 cm³/mol. The summed E-state index contributed by atoms with van der Waals surface area (Å²) in [5.74, 6) is -1.09. The van der Waals surface area contributed by atoms with Crippen molar-refractivity contribution in [3.05, 3.63) is 106 Å². The van der Waals surface area contributed by atoms with Gasteiger partial charge in [-0.1, -0.05) is 60.2 Å². The number of rotatable bonds is 5. The molecule has 0 atom stereocenters. The molecule has 0 spiro atoms. The van der Waals surface area contributed by atoms with E-state index in [9.17, 15) is 14.4 Å². The Kier molecular flexibility index (Phi) is 5.19. The van der Waals surface area contributed by atoms with Crippen LogP contribution in [0.25, 0.3) is 16.2 Å². The maximum atomic E-state index is 13.0. The standard InChI is InChI=1S/C27H19N5O3S/c1-16-7-9-18(10-8-16)22-15-36-27-29-26(30-32(22)27)28-23(33)19-11-12-20-21(13-19)25(35)31(24(20)34)14-17-5-3-2-4-6-17/h2-13,15H,14H2,1H3,(H,28,30,33). The number of anilines is 1. The number of thiazole rings is 1. The molecule has 2 aromatic heterocycles. The van der Waals surface area contributed by atoms with Crippen molar-refractivity contribution in [2.45, 2.75) is 13.5 Å². The fourth-order valence-corrected chi connectivity index (χ4v) is 5.00. The van der Waals surface area contributed by atoms with Gasteiger partial charge in [-0.25, -0.2) is 4.52 Å². The van der Waals surface area contributed by atoms with Gasteiger partial charge in [-0.05, 0) is 30.7 Å². The summed E-state index contributed by atoms with van der Waals surface area (Å²) in [4.78, 5) is 45.0. The molecular formula is C27H19N5O3S. The lowest BCUT2D eigenvalue weighted by Gasteiger charge is -2.13. The summed E-state index contributed by atoms with van der Waals surface area (Å²) in [5.41, 5.74) is 4.63. The van der Waals surface area contributed by atoms with Crippen LogP contribution >= 0.6 is 11.3 Å². The summed E-state index contributed by atoms with van der Waals surface area (Å²) in [6.45, 7) is 2.20. The fraction of sp³-hybridized carbons (Fsp3) is 0.0741. The van der Waals surface area contributed by atoms with Gasteiger partial charge < -0.3 is 0 Å². The Morgan fingerprint density at radius 2 is 1.69 bits per heavy atom. The topological polar surface area (TPSA) is 96.7 Å². The second-order valence-corrected chi connectivity index (χ2v) is 9.35. The van der Waals surface area contributed by atoms with Crippen molar-refractivity contribution in [2.75, 3.05) is 5.32 Å². The molecule has 1 aliphatic rings. The highest BCUT2D eigenvalue weighted by Gasteiger charge is 2.36. The molecule has 9 heteroatoms. The maximum absolute atomic E-state index is 13.0. The van der Waals surface area contributed by atoms with Crippen molar-refractivity contribution in [1.29, 1.82) is 0 Å². The highest BCUT2D eigenvalue weighted by Crippen LogP contribution is 2.28. The molecule has 0 unspecified atom stereocenters. The second-order valence-electron chi connectivity index (χ2n) is 8.51. The number of hydrogen-bond donors (Lipinski definition) is 1. The quantitative estimate of drug-likeness (QED) is 0.354. The van der Waals surface area contributed by atoms with Gasteiger partial charge in [-0.3, -0.25) is 24.6 Å². The first kappa shape index (κ1) is 21.9. The Morgan fingerprint density at radius 1 is 0.944 bits per heavy atom. The normalized spacial score (nSPS) is 12.9. The summed E-state index contributed by atoms with van der Waals surface area (Å²) in [7, 11) is 0. The minimum Gasteiger partial charge on any atom is -0.289 e. The van der Waals surface area contributed by atoms with Gasteiger partial charge in [0, 0.05) is 16.5 Å². The van der Waals surface area contributed by atoms with E-state index >= 15 is 0 Å². The monoisotopic (exact) mass is 493 g/mol. The zero-order chi connectivity index (χ0) is 24.8. The van der Waals surface area contributed by atoms with Gasteiger partial charge >= 0.3 is 0 Å². The number of aryl methyl sites for hydroxylation is 1. The van der Waals surface area contributed by atoms with Crippen molar-refractivity contribution in [1.82, 2.24) is 19.5 Å². The summed E-state index contributed by atoms with van der Waals surface area (Å²) >= 11 is 1.42. The number of carbonyl (C=O) groups excluding carboxylic acids is 3. The van der Waals surface area contributed by atoms with Gasteiger partial charge in [0.15, 0.2) is 0 Å². The molecule has 1 aliphatic heterocycles. The fourth-order valence-electron chi connectivity index (χ4n) is 4.17. The van der Waals surface area contributed by atoms with Crippen LogP contribution < -0.4 is 5.32 Å². The van der Waals surface area contributed by atoms with E-state index < -0.39 is 11.8 Å². The van der Waals surface area contributed by atoms with Gasteiger partial charge in [0.25, 0.3) is 23.7 Å². The molecule has 3 amide bonds. The Bertz CT molecular complexity index is 1650. The van der Waals surface area contributed by atoms with Crippen LogP contribution in [-0.2, 0) is 6.54 Å². The molecule has 36 heavy (non-hydrogen) atoms. The number of nitrogens with one attached hydrogen (secondary N) is 1. The minimum absolute atomic E-state index is 0.161. The number of imide groups is 1. The van der Waals surface area contributed by atoms with Crippen LogP contribution in [0.5, 0.6) is 0 Å². The third kappa shape index (κ3) is 3.75. The van der Waals surface area contributed by atoms with Gasteiger partial charge in [0.05, 0.1) is 23.4 Å². The van der Waals surface area contributed by atoms with Crippen molar-refractivity contribution in [3.8, 4) is 11.3 Å². The van der Waals surface area contributed by atoms with Gasteiger partial charge in [0.2, 0.25) is 4.96 Å². The average Bonchev–Trinajstić information content (AvgIpc) is 3.53. The van der Waals surface area contributed by atoms with Crippen LogP contribution in [0.1, 0.15) is 42.2 Å². The van der Waals surface area contributed by atoms with E-state index in [0.717, 1.165) is 22.4 Å². The van der Waals surface area contributed by atoms with Crippen LogP contribution in [-0.4, -0.2) is 37.2 Å². The Labute approximate surface area is 209 Å². The predicted octanol–water partition coefficient (Wildman–Crippen LogP) is 4.81. The molecular weight excluding hydrogens is 474 g/mol. The minimum atomic E-state index is -0.463. The zero-order valence-electron chi connectivity index (χ0n) is 19.1. The number of fused-ring (bicyclic) bond motifs is 2. The molecule has 0 bridgehead atoms. The molecule has 1 N–H and O–H groups in total. The number of aromatic nitrogens is 3. The molecule has 0 saturated heterocycles. The molecule has 8 nitrogen and oxygen atoms in total. The van der Waals surface area contributed by atoms with Crippen molar-refractivity contribution < 1.29 is 14.4 Å². The first-order valence-electron chi connectivity index (χ1n) is 11.2. The van der Waals surface area contributed by atoms with E-state index in [1.807, 2.05) is 66.9 Å². The van der Waals surface area contributed by atoms with Crippen LogP contribution in [0.4, 0.5) is 5.95 Å². The smallest absolute Gasteiger partial charge is 0.261 e. The van der Waals surface area contributed by atoms with Gasteiger partial charge in [-0.15, -0.1) is 16.4 Å². The van der Waals surface area contributed by atoms with Gasteiger partial charge in [0.1, 0.15) is 0 Å². The Balaban J connectivity index is 1.23. The largest absolute Gasteiger partial charge is 0.289 e. The van der Waals surface area contributed by atoms with Crippen LogP contribution in [0.3, 0.4) is 0 Å². The first-order valence-corrected chi connectivity index (χ1v) is 12.1. The average molecular weight is 494 g/mol. The van der Waals surface area contributed by atoms with Crippen molar-refractivity contribution >= 4 is 40.0 Å². The maximum Gasteiger partial charge on any atom is 0.261 e. The van der Waals surface area contributed by atoms with E-state index in [4.69, 9.17) is 0 Å². The molecule has 3 aromatic carbocycles. The van der Waals surface area contributed by atoms with Crippen LogP contribution in [0.15, 0.2) is 78.2 Å². The summed E-state index contributed by atoms with van der Waals surface area (Å²) in [6, 6.07) is 21.9. The Hall–Kier alpha value is -4.63. The third-order valence-electron chi connectivity index (χ3n) is 6.07. The molecule has 6 rings (SSSR count). The number of carbonyl (C=O) groups is 3. The van der Waals surface area contributed by atoms with E-state index in [-0.39, 0.29) is 35.1 Å². The van der Waals surface area contributed by atoms with Crippen LogP contribution in [0, 0.1) is 6.92 Å². The SMILES string of the molecule is Cc1ccc(-c2csc3nc(NC(=O)c4ccc5c(c4)C(=O)N(Cc4ccccc4)C5=O)nn23)cc1. The lowest BCUT2D eigenvalue weighted by atomic mass is 10.1. The molecule has 0 radical (unpaired) electrons. The zero-order valence-corrected chi connectivity index (χ0v) is 20.0. The van der Waals surface area contributed by atoms with E-state index in [0.29, 0.717) is 4.96 Å².